The van der Waals surface area contributed by atoms with Crippen LogP contribution in [0.15, 0.2) is 46.9 Å². The highest BCUT2D eigenvalue weighted by Gasteiger charge is 2.51. The molecule has 5 heteroatoms. The Bertz CT molecular complexity index is 808. The third-order valence-electron chi connectivity index (χ3n) is 5.89. The first-order chi connectivity index (χ1) is 12.8. The zero-order valence-electron chi connectivity index (χ0n) is 15.2. The first kappa shape index (κ1) is 16.3. The summed E-state index contributed by atoms with van der Waals surface area (Å²) in [5.74, 6) is 1.06. The smallest absolute Gasteiger partial charge is 0.200 e. The minimum atomic E-state index is -0.289. The van der Waals surface area contributed by atoms with Gasteiger partial charge in [-0.1, -0.05) is 31.2 Å². The van der Waals surface area contributed by atoms with Gasteiger partial charge in [0.2, 0.25) is 5.72 Å². The Kier molecular flexibility index (Phi) is 4.02. The molecule has 1 aromatic heterocycles. The van der Waals surface area contributed by atoms with Crippen molar-refractivity contribution in [3.05, 3.63) is 52.2 Å². The van der Waals surface area contributed by atoms with Gasteiger partial charge in [-0.15, -0.1) is 11.3 Å². The van der Waals surface area contributed by atoms with Crippen LogP contribution in [0.4, 0.5) is 0 Å². The molecule has 1 fully saturated rings. The first-order valence-electron chi connectivity index (χ1n) is 9.70. The highest BCUT2D eigenvalue weighted by Crippen LogP contribution is 2.50. The molecule has 3 aliphatic heterocycles. The van der Waals surface area contributed by atoms with Crippen molar-refractivity contribution >= 4 is 17.0 Å². The Morgan fingerprint density at radius 2 is 2.04 bits per heavy atom. The number of rotatable bonds is 3. The number of hydrogen-bond acceptors (Lipinski definition) is 5. The third-order valence-corrected chi connectivity index (χ3v) is 6.81. The number of ether oxygens (including phenoxy) is 1. The highest BCUT2D eigenvalue weighted by atomic mass is 32.1. The zero-order chi connectivity index (χ0) is 17.6. The lowest BCUT2D eigenvalue weighted by Gasteiger charge is -2.51. The van der Waals surface area contributed by atoms with Crippen molar-refractivity contribution in [3.8, 4) is 5.75 Å². The SMILES string of the molecule is CCCN1CCC2(CC1)Oc1ccccc1[C@@H]1CC(c3cccs3)=NN12. The number of fused-ring (bicyclic) bond motifs is 4. The molecule has 136 valence electrons. The molecular weight excluding hydrogens is 342 g/mol. The minimum Gasteiger partial charge on any atom is -0.466 e. The number of hydrazone groups is 1. The molecule has 1 saturated heterocycles. The van der Waals surface area contributed by atoms with Crippen molar-refractivity contribution in [2.45, 2.75) is 44.4 Å². The predicted molar refractivity (Wildman–Crippen MR) is 106 cm³/mol. The van der Waals surface area contributed by atoms with E-state index in [0.29, 0.717) is 6.04 Å². The Morgan fingerprint density at radius 3 is 2.81 bits per heavy atom. The molecule has 26 heavy (non-hydrogen) atoms. The lowest BCUT2D eigenvalue weighted by atomic mass is 9.91. The molecule has 0 amide bonds. The van der Waals surface area contributed by atoms with E-state index in [0.717, 1.165) is 38.1 Å². The molecule has 5 rings (SSSR count). The largest absolute Gasteiger partial charge is 0.466 e. The Morgan fingerprint density at radius 1 is 1.19 bits per heavy atom. The van der Waals surface area contributed by atoms with Gasteiger partial charge in [-0.3, -0.25) is 0 Å². The fraction of sp³-hybridized carbons (Fsp3) is 0.476. The van der Waals surface area contributed by atoms with Gasteiger partial charge < -0.3 is 9.64 Å². The quantitative estimate of drug-likeness (QED) is 0.800. The summed E-state index contributed by atoms with van der Waals surface area (Å²) in [7, 11) is 0. The van der Waals surface area contributed by atoms with E-state index in [-0.39, 0.29) is 5.72 Å². The first-order valence-corrected chi connectivity index (χ1v) is 10.6. The number of benzene rings is 1. The van der Waals surface area contributed by atoms with Gasteiger partial charge in [0.05, 0.1) is 16.6 Å². The Labute approximate surface area is 159 Å². The molecule has 0 radical (unpaired) electrons. The number of likely N-dealkylation sites (tertiary alicyclic amines) is 1. The van der Waals surface area contributed by atoms with Gasteiger partial charge in [-0.2, -0.15) is 5.10 Å². The molecule has 1 spiro atoms. The zero-order valence-corrected chi connectivity index (χ0v) is 16.0. The van der Waals surface area contributed by atoms with E-state index >= 15 is 0 Å². The maximum absolute atomic E-state index is 6.66. The Hall–Kier alpha value is -1.85. The van der Waals surface area contributed by atoms with Crippen molar-refractivity contribution in [1.29, 1.82) is 0 Å². The van der Waals surface area contributed by atoms with E-state index < -0.39 is 0 Å². The fourth-order valence-electron chi connectivity index (χ4n) is 4.59. The van der Waals surface area contributed by atoms with Gasteiger partial charge in [0, 0.05) is 37.9 Å². The monoisotopic (exact) mass is 367 g/mol. The molecule has 1 atom stereocenters. The number of thiophene rings is 1. The van der Waals surface area contributed by atoms with Crippen LogP contribution in [0, 0.1) is 0 Å². The van der Waals surface area contributed by atoms with Crippen LogP contribution >= 0.6 is 11.3 Å². The minimum absolute atomic E-state index is 0.289. The van der Waals surface area contributed by atoms with E-state index in [2.05, 4.69) is 58.6 Å². The van der Waals surface area contributed by atoms with Crippen LogP contribution in [0.1, 0.15) is 49.1 Å². The molecule has 0 bridgehead atoms. The van der Waals surface area contributed by atoms with Gasteiger partial charge in [-0.05, 0) is 30.5 Å². The van der Waals surface area contributed by atoms with Crippen molar-refractivity contribution in [2.75, 3.05) is 19.6 Å². The van der Waals surface area contributed by atoms with Gasteiger partial charge in [0.15, 0.2) is 0 Å². The number of nitrogens with zero attached hydrogens (tertiary/aromatic N) is 3. The average Bonchev–Trinajstić information content (AvgIpc) is 3.34. The second-order valence-corrected chi connectivity index (χ2v) is 8.46. The number of para-hydroxylation sites is 1. The second-order valence-electron chi connectivity index (χ2n) is 7.52. The summed E-state index contributed by atoms with van der Waals surface area (Å²) in [5.41, 5.74) is 2.20. The van der Waals surface area contributed by atoms with E-state index in [1.54, 1.807) is 11.3 Å². The van der Waals surface area contributed by atoms with E-state index in [1.807, 2.05) is 0 Å². The second kappa shape index (κ2) is 6.39. The average molecular weight is 368 g/mol. The summed E-state index contributed by atoms with van der Waals surface area (Å²) < 4.78 is 6.66. The van der Waals surface area contributed by atoms with E-state index in [1.165, 1.54) is 29.1 Å². The van der Waals surface area contributed by atoms with Gasteiger partial charge in [0.1, 0.15) is 5.75 Å². The van der Waals surface area contributed by atoms with Crippen LogP contribution in [0.25, 0.3) is 0 Å². The van der Waals surface area contributed by atoms with Crippen LogP contribution in [0.2, 0.25) is 0 Å². The van der Waals surface area contributed by atoms with E-state index in [9.17, 15) is 0 Å². The van der Waals surface area contributed by atoms with Crippen LogP contribution in [-0.2, 0) is 0 Å². The van der Waals surface area contributed by atoms with Crippen molar-refractivity contribution in [3.63, 3.8) is 0 Å². The molecular formula is C21H25N3OS. The summed E-state index contributed by atoms with van der Waals surface area (Å²) in [6.45, 7) is 5.61. The predicted octanol–water partition coefficient (Wildman–Crippen LogP) is 4.49. The molecule has 0 saturated carbocycles. The van der Waals surface area contributed by atoms with Gasteiger partial charge >= 0.3 is 0 Å². The third kappa shape index (κ3) is 2.57. The van der Waals surface area contributed by atoms with Crippen LogP contribution in [-0.4, -0.2) is 41.0 Å². The molecule has 4 heterocycles. The van der Waals surface area contributed by atoms with Gasteiger partial charge in [-0.25, -0.2) is 5.01 Å². The van der Waals surface area contributed by atoms with Crippen molar-refractivity contribution < 1.29 is 4.74 Å². The molecule has 2 aromatic rings. The van der Waals surface area contributed by atoms with Gasteiger partial charge in [0.25, 0.3) is 0 Å². The maximum atomic E-state index is 6.66. The highest BCUT2D eigenvalue weighted by molar-refractivity contribution is 7.12. The summed E-state index contributed by atoms with van der Waals surface area (Å²) in [4.78, 5) is 3.85. The van der Waals surface area contributed by atoms with E-state index in [4.69, 9.17) is 9.84 Å². The topological polar surface area (TPSA) is 28.1 Å². The molecule has 0 aliphatic carbocycles. The standard InChI is InChI=1S/C21H25N3OS/c1-2-11-23-12-9-21(10-13-23)24-18(16-6-3-4-7-19(16)25-21)15-17(22-24)20-8-5-14-26-20/h3-8,14,18H,2,9-13,15H2,1H3/t18-/m0/s1. The van der Waals surface area contributed by atoms with Crippen LogP contribution < -0.4 is 4.74 Å². The summed E-state index contributed by atoms with van der Waals surface area (Å²) in [5, 5.41) is 9.57. The van der Waals surface area contributed by atoms with Crippen LogP contribution in [0.3, 0.4) is 0 Å². The lowest BCUT2D eigenvalue weighted by Crippen LogP contribution is -2.59. The van der Waals surface area contributed by atoms with Crippen molar-refractivity contribution in [2.24, 2.45) is 5.10 Å². The molecule has 3 aliphatic rings. The van der Waals surface area contributed by atoms with Crippen LogP contribution in [0.5, 0.6) is 5.75 Å². The fourth-order valence-corrected chi connectivity index (χ4v) is 5.31. The molecule has 0 unspecified atom stereocenters. The summed E-state index contributed by atoms with van der Waals surface area (Å²) in [6.07, 6.45) is 4.21. The lowest BCUT2D eigenvalue weighted by molar-refractivity contribution is -0.149. The molecule has 1 aromatic carbocycles. The molecule has 0 N–H and O–H groups in total. The van der Waals surface area contributed by atoms with Crippen molar-refractivity contribution in [1.82, 2.24) is 9.91 Å². The summed E-state index contributed by atoms with van der Waals surface area (Å²) in [6, 6.07) is 13.1. The number of hydrogen-bond donors (Lipinski definition) is 0. The maximum Gasteiger partial charge on any atom is 0.200 e. The normalized spacial score (nSPS) is 24.1. The Balaban J connectivity index is 1.51. The number of piperidine rings is 1. The summed E-state index contributed by atoms with van der Waals surface area (Å²) >= 11 is 1.78. The molecule has 4 nitrogen and oxygen atoms in total.